The summed E-state index contributed by atoms with van der Waals surface area (Å²) in [6.45, 7) is 2.67. The number of halogens is 3. The van der Waals surface area contributed by atoms with Gasteiger partial charge < -0.3 is 5.32 Å². The van der Waals surface area contributed by atoms with Gasteiger partial charge in [-0.1, -0.05) is 0 Å². The lowest BCUT2D eigenvalue weighted by atomic mass is 10.3. The summed E-state index contributed by atoms with van der Waals surface area (Å²) < 4.78 is 64.7. The summed E-state index contributed by atoms with van der Waals surface area (Å²) in [5.74, 6) is -1.32. The van der Waals surface area contributed by atoms with E-state index in [1.165, 1.54) is 43.5 Å². The molecular weight excluding hydrogens is 473 g/mol. The minimum Gasteiger partial charge on any atom is -0.326 e. The summed E-state index contributed by atoms with van der Waals surface area (Å²) in [6.07, 6.45) is -4.68. The van der Waals surface area contributed by atoms with Crippen LogP contribution in [0, 0.1) is 6.92 Å². The number of rotatable bonds is 6. The van der Waals surface area contributed by atoms with Gasteiger partial charge in [-0.25, -0.2) is 18.1 Å². The van der Waals surface area contributed by atoms with Crippen LogP contribution in [0.1, 0.15) is 28.8 Å². The molecule has 0 unspecified atom stereocenters. The normalized spacial score (nSPS) is 11.9. The largest absolute Gasteiger partial charge is 0.433 e. The smallest absolute Gasteiger partial charge is 0.326 e. The van der Waals surface area contributed by atoms with Gasteiger partial charge >= 0.3 is 6.18 Å². The topological polar surface area (TPSA) is 135 Å². The molecule has 0 aliphatic rings. The number of aromatic nitrogens is 3. The van der Waals surface area contributed by atoms with Crippen molar-refractivity contribution in [2.45, 2.75) is 24.9 Å². The Morgan fingerprint density at radius 1 is 1.16 bits per heavy atom. The van der Waals surface area contributed by atoms with Crippen LogP contribution in [0.4, 0.5) is 18.9 Å². The van der Waals surface area contributed by atoms with E-state index in [1.54, 1.807) is 0 Å². The quantitative estimate of drug-likeness (QED) is 0.456. The molecule has 0 aliphatic carbocycles. The molecule has 0 spiro atoms. The Labute approximate surface area is 183 Å². The average molecular weight is 488 g/mol. The second kappa shape index (κ2) is 8.68. The van der Waals surface area contributed by atoms with Crippen molar-refractivity contribution < 1.29 is 31.2 Å². The Kier molecular flexibility index (Phi) is 6.34. The highest BCUT2D eigenvalue weighted by atomic mass is 32.2. The Morgan fingerprint density at radius 2 is 1.81 bits per heavy atom. The monoisotopic (exact) mass is 488 g/mol. The van der Waals surface area contributed by atoms with E-state index in [1.807, 2.05) is 10.3 Å². The summed E-state index contributed by atoms with van der Waals surface area (Å²) in [7, 11) is -4.16. The number of anilines is 1. The van der Waals surface area contributed by atoms with E-state index < -0.39 is 27.8 Å². The van der Waals surface area contributed by atoms with Crippen LogP contribution in [0.15, 0.2) is 40.6 Å². The fourth-order valence-corrected chi connectivity index (χ4v) is 4.08. The van der Waals surface area contributed by atoms with Crippen molar-refractivity contribution in [3.63, 3.8) is 0 Å². The molecule has 0 saturated carbocycles. The standard InChI is InChI=1S/C17H15F3N6O4S2/c1-9-7-14(17(18,19)20)26(24-9)16-22-13(8-31-16)15(28)23-25-32(29,30)12-5-3-11(4-6-12)21-10(2)27/h3-8,25H,1-2H3,(H,21,27)(H,23,28). The molecule has 2 amide bonds. The minimum atomic E-state index is -4.68. The second-order valence-corrected chi connectivity index (χ2v) is 8.88. The van der Waals surface area contributed by atoms with Crippen molar-refractivity contribution in [3.8, 4) is 5.13 Å². The number of nitrogens with one attached hydrogen (secondary N) is 3. The molecule has 170 valence electrons. The molecule has 0 saturated heterocycles. The van der Waals surface area contributed by atoms with Crippen molar-refractivity contribution in [3.05, 3.63) is 52.8 Å². The summed E-state index contributed by atoms with van der Waals surface area (Å²) in [5, 5.41) is 7.17. The number of benzene rings is 1. The van der Waals surface area contributed by atoms with Gasteiger partial charge in [0.05, 0.1) is 10.6 Å². The van der Waals surface area contributed by atoms with E-state index in [9.17, 15) is 31.2 Å². The van der Waals surface area contributed by atoms with E-state index in [-0.39, 0.29) is 27.3 Å². The van der Waals surface area contributed by atoms with Crippen molar-refractivity contribution >= 4 is 38.9 Å². The zero-order valence-electron chi connectivity index (χ0n) is 16.4. The van der Waals surface area contributed by atoms with Gasteiger partial charge in [-0.05, 0) is 37.3 Å². The number of hydrazine groups is 1. The summed E-state index contributed by atoms with van der Waals surface area (Å²) in [4.78, 5) is 28.7. The van der Waals surface area contributed by atoms with Crippen molar-refractivity contribution in [1.29, 1.82) is 0 Å². The number of alkyl halides is 3. The molecule has 0 aliphatic heterocycles. The number of nitrogens with zero attached hydrogens (tertiary/aromatic N) is 3. The van der Waals surface area contributed by atoms with Gasteiger partial charge in [0.25, 0.3) is 15.9 Å². The van der Waals surface area contributed by atoms with Crippen LogP contribution in [0.5, 0.6) is 0 Å². The molecule has 2 aromatic heterocycles. The van der Waals surface area contributed by atoms with Gasteiger partial charge in [0.2, 0.25) is 11.0 Å². The first-order chi connectivity index (χ1) is 14.9. The summed E-state index contributed by atoms with van der Waals surface area (Å²) in [5.41, 5.74) is 1.06. The van der Waals surface area contributed by atoms with Crippen LogP contribution >= 0.6 is 11.3 Å². The lowest BCUT2D eigenvalue weighted by Gasteiger charge is -2.09. The Bertz CT molecular complexity index is 1270. The lowest BCUT2D eigenvalue weighted by molar-refractivity contribution is -0.142. The third kappa shape index (κ3) is 5.30. The third-order valence-electron chi connectivity index (χ3n) is 3.81. The zero-order chi connectivity index (χ0) is 23.7. The highest BCUT2D eigenvalue weighted by molar-refractivity contribution is 7.89. The number of amides is 2. The van der Waals surface area contributed by atoms with Gasteiger partial charge in [0, 0.05) is 18.0 Å². The highest BCUT2D eigenvalue weighted by Gasteiger charge is 2.36. The van der Waals surface area contributed by atoms with Crippen molar-refractivity contribution in [1.82, 2.24) is 25.0 Å². The van der Waals surface area contributed by atoms with E-state index in [0.717, 1.165) is 17.4 Å². The van der Waals surface area contributed by atoms with E-state index in [0.29, 0.717) is 10.4 Å². The van der Waals surface area contributed by atoms with Gasteiger partial charge in [0.15, 0.2) is 5.69 Å². The maximum atomic E-state index is 13.2. The first kappa shape index (κ1) is 23.4. The van der Waals surface area contributed by atoms with Gasteiger partial charge in [-0.3, -0.25) is 15.0 Å². The summed E-state index contributed by atoms with van der Waals surface area (Å²) in [6, 6.07) is 5.97. The molecule has 3 aromatic rings. The van der Waals surface area contributed by atoms with Gasteiger partial charge in [-0.15, -0.1) is 16.2 Å². The molecule has 0 atom stereocenters. The highest BCUT2D eigenvalue weighted by Crippen LogP contribution is 2.32. The van der Waals surface area contributed by atoms with Crippen LogP contribution in [-0.2, 0) is 21.0 Å². The Hall–Kier alpha value is -3.30. The first-order valence-corrected chi connectivity index (χ1v) is 11.0. The zero-order valence-corrected chi connectivity index (χ0v) is 18.0. The number of carbonyl (C=O) groups excluding carboxylic acids is 2. The van der Waals surface area contributed by atoms with Crippen LogP contribution < -0.4 is 15.6 Å². The number of aryl methyl sites for hydroxylation is 1. The molecule has 10 nitrogen and oxygen atoms in total. The molecule has 0 radical (unpaired) electrons. The molecule has 3 rings (SSSR count). The third-order valence-corrected chi connectivity index (χ3v) is 5.89. The number of carbonyl (C=O) groups is 2. The molecular formula is C17H15F3N6O4S2. The molecule has 15 heteroatoms. The van der Waals surface area contributed by atoms with Gasteiger partial charge in [0.1, 0.15) is 5.69 Å². The first-order valence-electron chi connectivity index (χ1n) is 8.66. The maximum Gasteiger partial charge on any atom is 0.433 e. The maximum absolute atomic E-state index is 13.2. The Balaban J connectivity index is 1.71. The molecule has 0 bridgehead atoms. The van der Waals surface area contributed by atoms with E-state index in [2.05, 4.69) is 15.4 Å². The average Bonchev–Trinajstić information content (AvgIpc) is 3.32. The van der Waals surface area contributed by atoms with Crippen molar-refractivity contribution in [2.75, 3.05) is 5.32 Å². The van der Waals surface area contributed by atoms with E-state index in [4.69, 9.17) is 0 Å². The van der Waals surface area contributed by atoms with Crippen molar-refractivity contribution in [2.24, 2.45) is 0 Å². The minimum absolute atomic E-state index is 0.107. The van der Waals surface area contributed by atoms with Crippen LogP contribution in [0.25, 0.3) is 5.13 Å². The predicted molar refractivity (Wildman–Crippen MR) is 108 cm³/mol. The van der Waals surface area contributed by atoms with Crippen LogP contribution in [0.3, 0.4) is 0 Å². The molecule has 3 N–H and O–H groups in total. The van der Waals surface area contributed by atoms with Gasteiger partial charge in [-0.2, -0.15) is 18.3 Å². The van der Waals surface area contributed by atoms with Crippen LogP contribution in [-0.4, -0.2) is 35.0 Å². The number of sulfonamides is 1. The fourth-order valence-electron chi connectivity index (χ4n) is 2.47. The number of hydrogen-bond donors (Lipinski definition) is 3. The molecule has 0 fully saturated rings. The fraction of sp³-hybridized carbons (Fsp3) is 0.176. The molecule has 32 heavy (non-hydrogen) atoms. The SMILES string of the molecule is CC(=O)Nc1ccc(S(=O)(=O)NNC(=O)c2csc(-n3nc(C)cc3C(F)(F)F)n2)cc1. The number of thiazole rings is 1. The molecule has 2 heterocycles. The Morgan fingerprint density at radius 3 is 2.41 bits per heavy atom. The summed E-state index contributed by atoms with van der Waals surface area (Å²) >= 11 is 0.728. The molecule has 1 aromatic carbocycles. The number of hydrogen-bond acceptors (Lipinski definition) is 7. The lowest BCUT2D eigenvalue weighted by Crippen LogP contribution is -2.41. The second-order valence-electron chi connectivity index (χ2n) is 6.36. The van der Waals surface area contributed by atoms with E-state index >= 15 is 0 Å². The predicted octanol–water partition coefficient (Wildman–Crippen LogP) is 2.24. The van der Waals surface area contributed by atoms with Crippen LogP contribution in [0.2, 0.25) is 0 Å².